The Morgan fingerprint density at radius 1 is 1.20 bits per heavy atom. The first-order valence-corrected chi connectivity index (χ1v) is 6.70. The summed E-state index contributed by atoms with van der Waals surface area (Å²) in [5.41, 5.74) is 5.80. The molecular formula is C11H8F2N6S. The summed E-state index contributed by atoms with van der Waals surface area (Å²) in [6.45, 7) is 0. The Morgan fingerprint density at radius 3 is 2.70 bits per heavy atom. The molecule has 0 bridgehead atoms. The van der Waals surface area contributed by atoms with Crippen molar-refractivity contribution in [2.75, 3.05) is 12.0 Å². The van der Waals surface area contributed by atoms with Gasteiger partial charge in [-0.15, -0.1) is 5.10 Å². The van der Waals surface area contributed by atoms with Crippen LogP contribution in [0.4, 0.5) is 14.7 Å². The van der Waals surface area contributed by atoms with E-state index in [1.54, 1.807) is 6.26 Å². The maximum atomic E-state index is 13.7. The molecule has 0 saturated carbocycles. The Bertz CT molecular complexity index is 803. The minimum absolute atomic E-state index is 0.0711. The highest BCUT2D eigenvalue weighted by atomic mass is 32.2. The largest absolute Gasteiger partial charge is 0.368 e. The number of fused-ring (bicyclic) bond motifs is 1. The first-order valence-electron chi connectivity index (χ1n) is 5.48. The molecule has 0 aliphatic rings. The van der Waals surface area contributed by atoms with Gasteiger partial charge in [-0.2, -0.15) is 19.5 Å². The Kier molecular flexibility index (Phi) is 2.97. The number of benzene rings is 1. The number of hydrogen-bond donors (Lipinski definition) is 1. The second-order valence-corrected chi connectivity index (χ2v) is 4.61. The topological polar surface area (TPSA) is 82.0 Å². The monoisotopic (exact) mass is 294 g/mol. The number of nitrogen functional groups attached to an aromatic ring is 1. The van der Waals surface area contributed by atoms with Crippen molar-refractivity contribution in [3.63, 3.8) is 0 Å². The third-order valence-electron chi connectivity index (χ3n) is 2.57. The van der Waals surface area contributed by atoms with Gasteiger partial charge in [0.25, 0.3) is 5.78 Å². The predicted octanol–water partition coefficient (Wildman–Crippen LogP) is 1.77. The highest BCUT2D eigenvalue weighted by Gasteiger charge is 2.15. The number of aromatic nitrogens is 5. The van der Waals surface area contributed by atoms with E-state index in [2.05, 4.69) is 20.1 Å². The highest BCUT2D eigenvalue weighted by molar-refractivity contribution is 7.98. The van der Waals surface area contributed by atoms with Crippen LogP contribution in [0.2, 0.25) is 0 Å². The fraction of sp³-hybridized carbons (Fsp3) is 0.0909. The van der Waals surface area contributed by atoms with Crippen molar-refractivity contribution in [3.05, 3.63) is 29.8 Å². The van der Waals surface area contributed by atoms with Crippen LogP contribution in [0.3, 0.4) is 0 Å². The molecule has 0 aliphatic carbocycles. The molecule has 0 saturated heterocycles. The Hall–Kier alpha value is -2.29. The number of thioether (sulfide) groups is 1. The lowest BCUT2D eigenvalue weighted by Crippen LogP contribution is -2.04. The number of nitrogens with two attached hydrogens (primary N) is 1. The lowest BCUT2D eigenvalue weighted by atomic mass is 10.2. The van der Waals surface area contributed by atoms with E-state index in [1.165, 1.54) is 22.3 Å². The van der Waals surface area contributed by atoms with Crippen molar-refractivity contribution < 1.29 is 8.78 Å². The molecule has 1 aromatic carbocycles. The SMILES string of the molecule is CSc1nc(N)n2nc(-c3ccc(F)cc3F)nc2n1. The lowest BCUT2D eigenvalue weighted by Gasteiger charge is -1.98. The summed E-state index contributed by atoms with van der Waals surface area (Å²) in [4.78, 5) is 12.2. The summed E-state index contributed by atoms with van der Waals surface area (Å²) in [6, 6.07) is 3.16. The molecule has 0 amide bonds. The number of rotatable bonds is 2. The number of anilines is 1. The minimum atomic E-state index is -0.752. The smallest absolute Gasteiger partial charge is 0.258 e. The molecular weight excluding hydrogens is 286 g/mol. The fourth-order valence-corrected chi connectivity index (χ4v) is 2.02. The Balaban J connectivity index is 2.20. The van der Waals surface area contributed by atoms with Crippen molar-refractivity contribution in [2.45, 2.75) is 5.16 Å². The van der Waals surface area contributed by atoms with Gasteiger partial charge >= 0.3 is 0 Å². The van der Waals surface area contributed by atoms with Gasteiger partial charge < -0.3 is 5.73 Å². The average molecular weight is 294 g/mol. The van der Waals surface area contributed by atoms with Crippen LogP contribution in [-0.2, 0) is 0 Å². The molecule has 0 atom stereocenters. The highest BCUT2D eigenvalue weighted by Crippen LogP contribution is 2.21. The van der Waals surface area contributed by atoms with Crippen LogP contribution in [0.25, 0.3) is 17.2 Å². The summed E-state index contributed by atoms with van der Waals surface area (Å²) in [5.74, 6) is -1.04. The third kappa shape index (κ3) is 2.05. The molecule has 2 N–H and O–H groups in total. The van der Waals surface area contributed by atoms with Gasteiger partial charge in [0.2, 0.25) is 5.95 Å². The van der Waals surface area contributed by atoms with Gasteiger partial charge in [-0.05, 0) is 18.4 Å². The van der Waals surface area contributed by atoms with E-state index in [0.29, 0.717) is 5.16 Å². The number of nitrogens with zero attached hydrogens (tertiary/aromatic N) is 5. The summed E-state index contributed by atoms with van der Waals surface area (Å²) < 4.78 is 27.8. The van der Waals surface area contributed by atoms with Crippen LogP contribution in [0.5, 0.6) is 0 Å². The standard InChI is InChI=1S/C11H8F2N6S/c1-20-11-16-9(14)19-10(17-11)15-8(18-19)6-3-2-5(12)4-7(6)13/h2-4H,1H3,(H2,14,15,16,17,18). The van der Waals surface area contributed by atoms with Crippen LogP contribution in [0.15, 0.2) is 23.4 Å². The van der Waals surface area contributed by atoms with Crippen molar-refractivity contribution in [1.29, 1.82) is 0 Å². The zero-order valence-corrected chi connectivity index (χ0v) is 11.0. The third-order valence-corrected chi connectivity index (χ3v) is 3.12. The molecule has 102 valence electrons. The summed E-state index contributed by atoms with van der Waals surface area (Å²) in [7, 11) is 0. The molecule has 3 aromatic rings. The van der Waals surface area contributed by atoms with Gasteiger partial charge in [0.05, 0.1) is 5.56 Å². The van der Waals surface area contributed by atoms with Gasteiger partial charge in [-0.1, -0.05) is 11.8 Å². The van der Waals surface area contributed by atoms with Gasteiger partial charge in [0.15, 0.2) is 11.0 Å². The molecule has 0 radical (unpaired) electrons. The molecule has 2 heterocycles. The number of halogens is 2. The molecule has 3 rings (SSSR count). The maximum Gasteiger partial charge on any atom is 0.258 e. The van der Waals surface area contributed by atoms with Gasteiger partial charge in [0.1, 0.15) is 11.6 Å². The maximum absolute atomic E-state index is 13.7. The first-order chi connectivity index (χ1) is 9.58. The van der Waals surface area contributed by atoms with E-state index in [0.717, 1.165) is 12.1 Å². The minimum Gasteiger partial charge on any atom is -0.368 e. The summed E-state index contributed by atoms with van der Waals surface area (Å²) >= 11 is 1.30. The first kappa shape index (κ1) is 12.7. The summed E-state index contributed by atoms with van der Waals surface area (Å²) in [6.07, 6.45) is 1.79. The molecule has 2 aromatic heterocycles. The average Bonchev–Trinajstić information content (AvgIpc) is 2.82. The van der Waals surface area contributed by atoms with Crippen molar-refractivity contribution in [1.82, 2.24) is 24.6 Å². The van der Waals surface area contributed by atoms with E-state index >= 15 is 0 Å². The summed E-state index contributed by atoms with van der Waals surface area (Å²) in [5, 5.41) is 4.47. The quantitative estimate of drug-likeness (QED) is 0.725. The van der Waals surface area contributed by atoms with Crippen molar-refractivity contribution in [3.8, 4) is 11.4 Å². The van der Waals surface area contributed by atoms with Gasteiger partial charge in [0, 0.05) is 6.07 Å². The van der Waals surface area contributed by atoms with Gasteiger partial charge in [-0.25, -0.2) is 8.78 Å². The van der Waals surface area contributed by atoms with Crippen molar-refractivity contribution >= 4 is 23.5 Å². The van der Waals surface area contributed by atoms with E-state index in [-0.39, 0.29) is 23.1 Å². The van der Waals surface area contributed by atoms with Crippen LogP contribution in [-0.4, -0.2) is 30.8 Å². The van der Waals surface area contributed by atoms with E-state index in [9.17, 15) is 8.78 Å². The Labute approximate surface area is 116 Å². The molecule has 0 unspecified atom stereocenters. The van der Waals surface area contributed by atoms with Crippen LogP contribution in [0, 0.1) is 11.6 Å². The molecule has 6 nitrogen and oxygen atoms in total. The molecule has 0 spiro atoms. The fourth-order valence-electron chi connectivity index (χ4n) is 1.66. The van der Waals surface area contributed by atoms with Crippen LogP contribution >= 0.6 is 11.8 Å². The zero-order valence-electron chi connectivity index (χ0n) is 10.2. The van der Waals surface area contributed by atoms with Gasteiger partial charge in [-0.3, -0.25) is 0 Å². The lowest BCUT2D eigenvalue weighted by molar-refractivity contribution is 0.585. The van der Waals surface area contributed by atoms with E-state index in [4.69, 9.17) is 5.73 Å². The molecule has 20 heavy (non-hydrogen) atoms. The van der Waals surface area contributed by atoms with E-state index in [1.807, 2.05) is 0 Å². The zero-order chi connectivity index (χ0) is 14.3. The normalized spacial score (nSPS) is 11.2. The molecule has 0 fully saturated rings. The Morgan fingerprint density at radius 2 is 2.00 bits per heavy atom. The van der Waals surface area contributed by atoms with Crippen molar-refractivity contribution in [2.24, 2.45) is 0 Å². The predicted molar refractivity (Wildman–Crippen MR) is 70.1 cm³/mol. The number of hydrogen-bond acceptors (Lipinski definition) is 6. The van der Waals surface area contributed by atoms with Crippen LogP contribution < -0.4 is 5.73 Å². The second-order valence-electron chi connectivity index (χ2n) is 3.84. The van der Waals surface area contributed by atoms with Crippen LogP contribution in [0.1, 0.15) is 0 Å². The second kappa shape index (κ2) is 4.67. The molecule has 0 aliphatic heterocycles. The molecule has 9 heteroatoms. The van der Waals surface area contributed by atoms with E-state index < -0.39 is 11.6 Å².